The lowest BCUT2D eigenvalue weighted by Crippen LogP contribution is -2.43. The van der Waals surface area contributed by atoms with Gasteiger partial charge >= 0.3 is 0 Å². The van der Waals surface area contributed by atoms with Crippen molar-refractivity contribution in [1.82, 2.24) is 14.6 Å². The highest BCUT2D eigenvalue weighted by Crippen LogP contribution is 2.25. The highest BCUT2D eigenvalue weighted by atomic mass is 32.2. The minimum absolute atomic E-state index is 0.00975. The number of aryl methyl sites for hydroxylation is 2. The van der Waals surface area contributed by atoms with Crippen LogP contribution in [0, 0.1) is 31.1 Å². The van der Waals surface area contributed by atoms with Gasteiger partial charge in [-0.25, -0.2) is 8.42 Å². The van der Waals surface area contributed by atoms with Gasteiger partial charge in [-0.2, -0.15) is 9.57 Å². The number of amides is 1. The second kappa shape index (κ2) is 8.81. The van der Waals surface area contributed by atoms with E-state index >= 15 is 0 Å². The quantitative estimate of drug-likeness (QED) is 0.748. The fourth-order valence-electron chi connectivity index (χ4n) is 3.70. The van der Waals surface area contributed by atoms with Crippen LogP contribution in [0.1, 0.15) is 35.2 Å². The van der Waals surface area contributed by atoms with Crippen molar-refractivity contribution in [3.8, 4) is 6.07 Å². The van der Waals surface area contributed by atoms with E-state index in [9.17, 15) is 23.3 Å². The number of sulfonamides is 1. The fourth-order valence-corrected chi connectivity index (χ4v) is 5.31. The molecule has 1 saturated heterocycles. The molecule has 0 radical (unpaired) electrons. The van der Waals surface area contributed by atoms with Crippen molar-refractivity contribution in [2.24, 2.45) is 5.92 Å². The Morgan fingerprint density at radius 2 is 1.93 bits per heavy atom. The third-order valence-electron chi connectivity index (χ3n) is 5.38. The Labute approximate surface area is 175 Å². The predicted molar refractivity (Wildman–Crippen MR) is 111 cm³/mol. The van der Waals surface area contributed by atoms with Gasteiger partial charge in [-0.3, -0.25) is 9.59 Å². The standard InChI is InChI=1S/C21H24N4O4S/c1-14-11-15(2)24-21(27)18(14)13-23-20(26)16-7-9-25(10-8-16)30(28,29)19-6-4-3-5-17(19)12-22/h3-6,11,16H,7-10,13H2,1-2H3,(H,23,26)(H,24,27). The van der Waals surface area contributed by atoms with Gasteiger partial charge in [-0.05, 0) is 50.5 Å². The summed E-state index contributed by atoms with van der Waals surface area (Å²) in [6, 6.07) is 9.87. The zero-order valence-electron chi connectivity index (χ0n) is 16.9. The number of carbonyl (C=O) groups excluding carboxylic acids is 1. The van der Waals surface area contributed by atoms with Crippen LogP contribution in [0.2, 0.25) is 0 Å². The summed E-state index contributed by atoms with van der Waals surface area (Å²) in [6.07, 6.45) is 0.756. The number of aromatic amines is 1. The highest BCUT2D eigenvalue weighted by Gasteiger charge is 2.33. The molecular weight excluding hydrogens is 404 g/mol. The molecule has 3 rings (SSSR count). The lowest BCUT2D eigenvalue weighted by Gasteiger charge is -2.30. The van der Waals surface area contributed by atoms with E-state index in [2.05, 4.69) is 10.3 Å². The number of aromatic nitrogens is 1. The van der Waals surface area contributed by atoms with E-state index in [0.717, 1.165) is 11.3 Å². The maximum Gasteiger partial charge on any atom is 0.253 e. The third-order valence-corrected chi connectivity index (χ3v) is 7.34. The van der Waals surface area contributed by atoms with Crippen molar-refractivity contribution in [3.05, 3.63) is 63.1 Å². The molecule has 0 spiro atoms. The van der Waals surface area contributed by atoms with Crippen molar-refractivity contribution in [2.45, 2.75) is 38.1 Å². The average Bonchev–Trinajstić information content (AvgIpc) is 2.72. The largest absolute Gasteiger partial charge is 0.352 e. The van der Waals surface area contributed by atoms with Crippen LogP contribution in [0.25, 0.3) is 0 Å². The average molecular weight is 429 g/mol. The van der Waals surface area contributed by atoms with E-state index in [1.54, 1.807) is 19.1 Å². The van der Waals surface area contributed by atoms with Crippen LogP contribution in [0.4, 0.5) is 0 Å². The summed E-state index contributed by atoms with van der Waals surface area (Å²) in [7, 11) is -3.79. The molecule has 8 nitrogen and oxygen atoms in total. The molecule has 1 fully saturated rings. The van der Waals surface area contributed by atoms with Crippen LogP contribution in [-0.2, 0) is 21.4 Å². The molecule has 9 heteroatoms. The maximum absolute atomic E-state index is 12.9. The van der Waals surface area contributed by atoms with Crippen molar-refractivity contribution in [1.29, 1.82) is 5.26 Å². The monoisotopic (exact) mass is 428 g/mol. The first-order valence-electron chi connectivity index (χ1n) is 9.70. The smallest absolute Gasteiger partial charge is 0.253 e. The number of nitriles is 1. The summed E-state index contributed by atoms with van der Waals surface area (Å²) < 4.78 is 27.1. The zero-order chi connectivity index (χ0) is 21.9. The molecule has 158 valence electrons. The summed E-state index contributed by atoms with van der Waals surface area (Å²) >= 11 is 0. The number of piperidine rings is 1. The Morgan fingerprint density at radius 3 is 2.57 bits per heavy atom. The van der Waals surface area contributed by atoms with Gasteiger partial charge in [0.05, 0.1) is 10.5 Å². The second-order valence-corrected chi connectivity index (χ2v) is 9.35. The van der Waals surface area contributed by atoms with Gasteiger partial charge in [-0.15, -0.1) is 0 Å². The van der Waals surface area contributed by atoms with Gasteiger partial charge in [0.2, 0.25) is 15.9 Å². The first-order chi connectivity index (χ1) is 14.2. The van der Waals surface area contributed by atoms with Gasteiger partial charge in [0.15, 0.2) is 0 Å². The van der Waals surface area contributed by atoms with E-state index in [0.29, 0.717) is 18.4 Å². The number of nitrogens with one attached hydrogen (secondary N) is 2. The number of hydrogen-bond acceptors (Lipinski definition) is 5. The molecule has 1 amide bonds. The molecule has 1 aromatic heterocycles. The Balaban J connectivity index is 1.62. The Kier molecular flexibility index (Phi) is 6.39. The summed E-state index contributed by atoms with van der Waals surface area (Å²) in [5.74, 6) is -0.517. The van der Waals surface area contributed by atoms with Crippen molar-refractivity contribution < 1.29 is 13.2 Å². The van der Waals surface area contributed by atoms with Gasteiger partial charge in [0.1, 0.15) is 6.07 Å². The van der Waals surface area contributed by atoms with E-state index in [4.69, 9.17) is 0 Å². The maximum atomic E-state index is 12.9. The molecule has 0 unspecified atom stereocenters. The van der Waals surface area contributed by atoms with Crippen LogP contribution in [0.5, 0.6) is 0 Å². The third kappa shape index (κ3) is 4.45. The van der Waals surface area contributed by atoms with Crippen LogP contribution in [0.3, 0.4) is 0 Å². The summed E-state index contributed by atoms with van der Waals surface area (Å²) in [4.78, 5) is 27.4. The molecule has 1 aromatic carbocycles. The summed E-state index contributed by atoms with van der Waals surface area (Å²) in [6.45, 7) is 4.16. The SMILES string of the molecule is Cc1cc(C)c(CNC(=O)C2CCN(S(=O)(=O)c3ccccc3C#N)CC2)c(=O)[nH]1. The van der Waals surface area contributed by atoms with E-state index in [-0.39, 0.29) is 47.5 Å². The van der Waals surface area contributed by atoms with E-state index in [1.165, 1.54) is 16.4 Å². The van der Waals surface area contributed by atoms with E-state index in [1.807, 2.05) is 19.1 Å². The lowest BCUT2D eigenvalue weighted by molar-refractivity contribution is -0.126. The summed E-state index contributed by atoms with van der Waals surface area (Å²) in [5.41, 5.74) is 1.98. The molecule has 0 aliphatic carbocycles. The van der Waals surface area contributed by atoms with Gasteiger partial charge in [0, 0.05) is 36.8 Å². The Hall–Kier alpha value is -2.96. The van der Waals surface area contributed by atoms with Crippen molar-refractivity contribution in [2.75, 3.05) is 13.1 Å². The number of carbonyl (C=O) groups is 1. The van der Waals surface area contributed by atoms with Gasteiger partial charge in [0.25, 0.3) is 5.56 Å². The molecule has 2 N–H and O–H groups in total. The molecule has 0 atom stereocenters. The Bertz CT molecular complexity index is 1160. The van der Waals surface area contributed by atoms with Gasteiger partial charge < -0.3 is 10.3 Å². The van der Waals surface area contributed by atoms with Crippen LogP contribution >= 0.6 is 0 Å². The zero-order valence-corrected chi connectivity index (χ0v) is 17.8. The number of nitrogens with zero attached hydrogens (tertiary/aromatic N) is 2. The number of pyridine rings is 1. The molecule has 0 saturated carbocycles. The molecule has 2 heterocycles. The number of hydrogen-bond donors (Lipinski definition) is 2. The number of rotatable bonds is 5. The first-order valence-corrected chi connectivity index (χ1v) is 11.1. The predicted octanol–water partition coefficient (Wildman–Crippen LogP) is 1.58. The van der Waals surface area contributed by atoms with Crippen LogP contribution in [-0.4, -0.2) is 36.7 Å². The Morgan fingerprint density at radius 1 is 1.27 bits per heavy atom. The molecule has 1 aliphatic rings. The number of benzene rings is 1. The topological polar surface area (TPSA) is 123 Å². The summed E-state index contributed by atoms with van der Waals surface area (Å²) in [5, 5.41) is 12.0. The molecule has 30 heavy (non-hydrogen) atoms. The minimum atomic E-state index is -3.79. The minimum Gasteiger partial charge on any atom is -0.352 e. The van der Waals surface area contributed by atoms with Gasteiger partial charge in [-0.1, -0.05) is 12.1 Å². The van der Waals surface area contributed by atoms with E-state index < -0.39 is 10.0 Å². The lowest BCUT2D eigenvalue weighted by atomic mass is 9.97. The normalized spacial score (nSPS) is 15.5. The van der Waals surface area contributed by atoms with Crippen LogP contribution < -0.4 is 10.9 Å². The second-order valence-electron chi connectivity index (χ2n) is 7.45. The fraction of sp³-hybridized carbons (Fsp3) is 0.381. The van der Waals surface area contributed by atoms with Crippen molar-refractivity contribution in [3.63, 3.8) is 0 Å². The van der Waals surface area contributed by atoms with Crippen LogP contribution in [0.15, 0.2) is 40.0 Å². The van der Waals surface area contributed by atoms with Crippen molar-refractivity contribution >= 4 is 15.9 Å². The number of H-pyrrole nitrogens is 1. The highest BCUT2D eigenvalue weighted by molar-refractivity contribution is 7.89. The molecule has 2 aromatic rings. The first kappa shape index (κ1) is 21.7. The molecule has 1 aliphatic heterocycles. The molecule has 0 bridgehead atoms. The molecular formula is C21H24N4O4S.